The average molecular weight is 338 g/mol. The summed E-state index contributed by atoms with van der Waals surface area (Å²) in [6, 6.07) is 5.08. The van der Waals surface area contributed by atoms with Gasteiger partial charge in [0.15, 0.2) is 5.52 Å². The Bertz CT molecular complexity index is 919. The quantitative estimate of drug-likeness (QED) is 0.660. The van der Waals surface area contributed by atoms with Crippen molar-refractivity contribution in [3.05, 3.63) is 30.4 Å². The molecule has 2 bridgehead atoms. The Morgan fingerprint density at radius 1 is 1.16 bits per heavy atom. The van der Waals surface area contributed by atoms with Crippen LogP contribution in [0.2, 0.25) is 0 Å². The molecule has 2 aromatic rings. The van der Waals surface area contributed by atoms with Gasteiger partial charge in [-0.2, -0.15) is 0 Å². The fraction of sp³-hybridized carbons (Fsp3) is 0.353. The number of aromatic nitrogens is 2. The number of fused-ring (bicyclic) bond motifs is 6. The molecule has 5 rings (SSSR count). The number of carbonyl (C=O) groups is 3. The van der Waals surface area contributed by atoms with Gasteiger partial charge in [-0.15, -0.1) is 0 Å². The van der Waals surface area contributed by atoms with Crippen LogP contribution in [0.15, 0.2) is 35.0 Å². The van der Waals surface area contributed by atoms with Gasteiger partial charge in [-0.05, 0) is 40.7 Å². The van der Waals surface area contributed by atoms with Crippen LogP contribution in [0.4, 0.5) is 5.69 Å². The van der Waals surface area contributed by atoms with Crippen molar-refractivity contribution in [3.8, 4) is 0 Å². The van der Waals surface area contributed by atoms with Crippen molar-refractivity contribution in [2.45, 2.75) is 6.42 Å². The number of allylic oxidation sites excluding steroid dienone is 2. The second-order valence-electron chi connectivity index (χ2n) is 6.75. The highest BCUT2D eigenvalue weighted by Crippen LogP contribution is 2.52. The second-order valence-corrected chi connectivity index (χ2v) is 6.75. The summed E-state index contributed by atoms with van der Waals surface area (Å²) in [5.41, 5.74) is 1.38. The lowest BCUT2D eigenvalue weighted by atomic mass is 9.85. The second kappa shape index (κ2) is 4.98. The van der Waals surface area contributed by atoms with Crippen molar-refractivity contribution < 1.29 is 19.0 Å². The molecule has 1 saturated heterocycles. The number of anilines is 1. The van der Waals surface area contributed by atoms with E-state index in [9.17, 15) is 14.4 Å². The molecule has 25 heavy (non-hydrogen) atoms. The van der Waals surface area contributed by atoms with Gasteiger partial charge in [-0.1, -0.05) is 18.2 Å². The van der Waals surface area contributed by atoms with Crippen molar-refractivity contribution in [1.82, 2.24) is 15.2 Å². The third-order valence-electron chi connectivity index (χ3n) is 5.42. The van der Waals surface area contributed by atoms with E-state index in [4.69, 9.17) is 0 Å². The van der Waals surface area contributed by atoms with Crippen LogP contribution in [-0.4, -0.2) is 39.5 Å². The first-order valence-corrected chi connectivity index (χ1v) is 8.18. The van der Waals surface area contributed by atoms with Crippen LogP contribution in [0, 0.1) is 23.7 Å². The van der Waals surface area contributed by atoms with Crippen LogP contribution in [0.1, 0.15) is 6.42 Å². The van der Waals surface area contributed by atoms with Gasteiger partial charge in [0, 0.05) is 0 Å². The van der Waals surface area contributed by atoms with E-state index in [1.165, 1.54) is 0 Å². The van der Waals surface area contributed by atoms with Crippen molar-refractivity contribution in [2.24, 2.45) is 23.7 Å². The minimum absolute atomic E-state index is 0.134. The highest BCUT2D eigenvalue weighted by molar-refractivity contribution is 6.10. The lowest BCUT2D eigenvalue weighted by molar-refractivity contribution is -0.143. The monoisotopic (exact) mass is 338 g/mol. The number of hydrogen-bond donors (Lipinski definition) is 1. The smallest absolute Gasteiger partial charge is 0.244 e. The van der Waals surface area contributed by atoms with E-state index in [0.717, 1.165) is 11.3 Å². The van der Waals surface area contributed by atoms with Crippen LogP contribution in [0.5, 0.6) is 0 Å². The van der Waals surface area contributed by atoms with E-state index in [-0.39, 0.29) is 42.0 Å². The summed E-state index contributed by atoms with van der Waals surface area (Å²) in [6.45, 7) is -0.286. The molecule has 1 aromatic heterocycles. The molecule has 4 atom stereocenters. The molecule has 0 unspecified atom stereocenters. The van der Waals surface area contributed by atoms with Crippen LogP contribution in [0.25, 0.3) is 11.0 Å². The first kappa shape index (κ1) is 14.3. The van der Waals surface area contributed by atoms with Gasteiger partial charge >= 0.3 is 0 Å². The van der Waals surface area contributed by atoms with Crippen LogP contribution in [0.3, 0.4) is 0 Å². The summed E-state index contributed by atoms with van der Waals surface area (Å²) in [5.74, 6) is -1.23. The maximum Gasteiger partial charge on any atom is 0.244 e. The number of amides is 3. The Balaban J connectivity index is 1.34. The molecule has 0 spiro atoms. The summed E-state index contributed by atoms with van der Waals surface area (Å²) in [7, 11) is 0. The topological polar surface area (TPSA) is 105 Å². The Morgan fingerprint density at radius 2 is 1.88 bits per heavy atom. The summed E-state index contributed by atoms with van der Waals surface area (Å²) < 4.78 is 4.66. The molecule has 3 amide bonds. The molecule has 126 valence electrons. The maximum atomic E-state index is 12.6. The molecule has 2 aliphatic carbocycles. The number of benzene rings is 1. The minimum atomic E-state index is -0.447. The van der Waals surface area contributed by atoms with Crippen LogP contribution < -0.4 is 5.32 Å². The van der Waals surface area contributed by atoms with E-state index < -0.39 is 5.91 Å². The Morgan fingerprint density at radius 3 is 2.60 bits per heavy atom. The third kappa shape index (κ3) is 1.97. The number of hydrogen-bond acceptors (Lipinski definition) is 6. The molecule has 1 aliphatic heterocycles. The SMILES string of the molecule is O=C(CN1C(=O)[C@@H]2[C@H](C1=O)[C@H]1C=C[C@@H]2C1)Nc1cccc2nonc12. The zero-order valence-electron chi connectivity index (χ0n) is 13.1. The minimum Gasteiger partial charge on any atom is -0.322 e. The average Bonchev–Trinajstić information content (AvgIpc) is 3.35. The first-order valence-electron chi connectivity index (χ1n) is 8.18. The van der Waals surface area contributed by atoms with Gasteiger partial charge in [0.1, 0.15) is 12.1 Å². The molecule has 8 nitrogen and oxygen atoms in total. The van der Waals surface area contributed by atoms with Crippen molar-refractivity contribution in [1.29, 1.82) is 0 Å². The predicted octanol–water partition coefficient (Wildman–Crippen LogP) is 0.968. The lowest BCUT2D eigenvalue weighted by Gasteiger charge is -2.16. The van der Waals surface area contributed by atoms with Crippen LogP contribution >= 0.6 is 0 Å². The number of rotatable bonds is 3. The fourth-order valence-electron chi connectivity index (χ4n) is 4.36. The highest BCUT2D eigenvalue weighted by atomic mass is 16.6. The molecule has 8 heteroatoms. The van der Waals surface area contributed by atoms with Gasteiger partial charge in [0.05, 0.1) is 17.5 Å². The Kier molecular flexibility index (Phi) is 2.85. The van der Waals surface area contributed by atoms with Gasteiger partial charge in [-0.25, -0.2) is 4.63 Å². The third-order valence-corrected chi connectivity index (χ3v) is 5.42. The van der Waals surface area contributed by atoms with Crippen LogP contribution in [-0.2, 0) is 14.4 Å². The van der Waals surface area contributed by atoms with E-state index in [1.54, 1.807) is 18.2 Å². The van der Waals surface area contributed by atoms with Crippen molar-refractivity contribution in [2.75, 3.05) is 11.9 Å². The molecule has 1 aromatic carbocycles. The zero-order valence-corrected chi connectivity index (χ0v) is 13.1. The molecule has 1 N–H and O–H groups in total. The van der Waals surface area contributed by atoms with E-state index in [1.807, 2.05) is 12.2 Å². The molecule has 0 radical (unpaired) electrons. The molecule has 1 saturated carbocycles. The number of nitrogens with zero attached hydrogens (tertiary/aromatic N) is 3. The highest BCUT2D eigenvalue weighted by Gasteiger charge is 2.59. The zero-order chi connectivity index (χ0) is 17.1. The standard InChI is InChI=1S/C17H14N4O4/c22-12(18-10-2-1-3-11-15(10)20-25-19-11)7-21-16(23)13-8-4-5-9(6-8)14(13)17(21)24/h1-5,8-9,13-14H,6-7H2,(H,18,22)/t8-,9+,13+,14-. The van der Waals surface area contributed by atoms with Gasteiger partial charge in [0.2, 0.25) is 17.7 Å². The molecular formula is C17H14N4O4. The van der Waals surface area contributed by atoms with E-state index >= 15 is 0 Å². The number of nitrogens with one attached hydrogen (secondary N) is 1. The summed E-state index contributed by atoms with van der Waals surface area (Å²) in [6.07, 6.45) is 4.92. The summed E-state index contributed by atoms with van der Waals surface area (Å²) >= 11 is 0. The lowest BCUT2D eigenvalue weighted by Crippen LogP contribution is -2.39. The van der Waals surface area contributed by atoms with E-state index in [2.05, 4.69) is 20.3 Å². The maximum absolute atomic E-state index is 12.6. The first-order chi connectivity index (χ1) is 12.1. The van der Waals surface area contributed by atoms with Crippen molar-refractivity contribution in [3.63, 3.8) is 0 Å². The Labute approximate surface area is 141 Å². The summed E-state index contributed by atoms with van der Waals surface area (Å²) in [4.78, 5) is 38.7. The largest absolute Gasteiger partial charge is 0.322 e. The molecular weight excluding hydrogens is 324 g/mol. The number of carbonyl (C=O) groups excluding carboxylic acids is 3. The van der Waals surface area contributed by atoms with E-state index in [0.29, 0.717) is 16.7 Å². The summed E-state index contributed by atoms with van der Waals surface area (Å²) in [5, 5.41) is 10.1. The fourth-order valence-corrected chi connectivity index (χ4v) is 4.36. The van der Waals surface area contributed by atoms with Crippen molar-refractivity contribution >= 4 is 34.4 Å². The molecule has 2 heterocycles. The molecule has 3 aliphatic rings. The molecule has 2 fully saturated rings. The Hall–Kier alpha value is -3.03. The number of imide groups is 1. The van der Waals surface area contributed by atoms with Gasteiger partial charge in [-0.3, -0.25) is 19.3 Å². The predicted molar refractivity (Wildman–Crippen MR) is 84.9 cm³/mol. The normalized spacial score (nSPS) is 29.7. The van der Waals surface area contributed by atoms with Gasteiger partial charge < -0.3 is 5.32 Å². The van der Waals surface area contributed by atoms with Gasteiger partial charge in [0.25, 0.3) is 0 Å². The number of likely N-dealkylation sites (tertiary alicyclic amines) is 1.